The molecule has 4 saturated carbocycles. The van der Waals surface area contributed by atoms with Gasteiger partial charge in [0.2, 0.25) is 5.91 Å². The first-order valence-corrected chi connectivity index (χ1v) is 9.37. The van der Waals surface area contributed by atoms with E-state index in [-0.39, 0.29) is 11.4 Å². The van der Waals surface area contributed by atoms with E-state index in [0.717, 1.165) is 29.1 Å². The van der Waals surface area contributed by atoms with Crippen molar-refractivity contribution in [3.05, 3.63) is 35.9 Å². The van der Waals surface area contributed by atoms with Gasteiger partial charge in [0.25, 0.3) is 0 Å². The standard InChI is InChI=1S/C21H27NO2/c1-2-24-19-6-3-15(4-7-19)5-8-20(23)22-21-12-16-9-17(13-21)11-18(10-16)14-21/h3-8,16-18H,2,9-14H2,1H3,(H,22,23)/b8-5-. The Kier molecular flexibility index (Phi) is 4.11. The summed E-state index contributed by atoms with van der Waals surface area (Å²) in [5.74, 6) is 3.49. The molecule has 4 bridgehead atoms. The lowest BCUT2D eigenvalue weighted by Crippen LogP contribution is -2.59. The third kappa shape index (κ3) is 3.22. The summed E-state index contributed by atoms with van der Waals surface area (Å²) >= 11 is 0. The fourth-order valence-corrected chi connectivity index (χ4v) is 5.58. The van der Waals surface area contributed by atoms with Crippen LogP contribution in [-0.2, 0) is 4.79 Å². The molecule has 5 rings (SSSR count). The van der Waals surface area contributed by atoms with Gasteiger partial charge >= 0.3 is 0 Å². The van der Waals surface area contributed by atoms with E-state index in [0.29, 0.717) is 6.61 Å². The molecule has 1 N–H and O–H groups in total. The van der Waals surface area contributed by atoms with Crippen LogP contribution in [0.5, 0.6) is 5.75 Å². The van der Waals surface area contributed by atoms with Crippen LogP contribution in [0.15, 0.2) is 30.3 Å². The smallest absolute Gasteiger partial charge is 0.244 e. The minimum absolute atomic E-state index is 0.0610. The maximum absolute atomic E-state index is 12.4. The number of carbonyl (C=O) groups is 1. The average molecular weight is 325 g/mol. The van der Waals surface area contributed by atoms with Gasteiger partial charge in [-0.25, -0.2) is 0 Å². The van der Waals surface area contributed by atoms with Crippen molar-refractivity contribution in [1.29, 1.82) is 0 Å². The maximum atomic E-state index is 12.4. The number of rotatable bonds is 5. The summed E-state index contributed by atoms with van der Waals surface area (Å²) in [6.45, 7) is 2.64. The van der Waals surface area contributed by atoms with Crippen molar-refractivity contribution in [1.82, 2.24) is 5.32 Å². The SMILES string of the molecule is CCOc1ccc(/C=C\C(=O)NC23CC4CC(CC(C4)C2)C3)cc1. The summed E-state index contributed by atoms with van der Waals surface area (Å²) in [5.41, 5.74) is 1.12. The van der Waals surface area contributed by atoms with Crippen LogP contribution in [0.1, 0.15) is 51.0 Å². The zero-order valence-corrected chi connectivity index (χ0v) is 14.5. The van der Waals surface area contributed by atoms with Gasteiger partial charge in [-0.3, -0.25) is 4.79 Å². The van der Waals surface area contributed by atoms with Gasteiger partial charge in [-0.1, -0.05) is 12.1 Å². The van der Waals surface area contributed by atoms with Crippen molar-refractivity contribution in [3.63, 3.8) is 0 Å². The van der Waals surface area contributed by atoms with E-state index in [1.165, 1.54) is 38.5 Å². The van der Waals surface area contributed by atoms with Crippen LogP contribution in [0.3, 0.4) is 0 Å². The van der Waals surface area contributed by atoms with E-state index in [1.54, 1.807) is 6.08 Å². The Labute approximate surface area is 144 Å². The van der Waals surface area contributed by atoms with Crippen molar-refractivity contribution in [3.8, 4) is 5.75 Å². The molecule has 1 amide bonds. The van der Waals surface area contributed by atoms with E-state index in [9.17, 15) is 4.79 Å². The minimum atomic E-state index is 0.0610. The van der Waals surface area contributed by atoms with E-state index in [2.05, 4.69) is 5.32 Å². The quantitative estimate of drug-likeness (QED) is 0.825. The van der Waals surface area contributed by atoms with Gasteiger partial charge in [-0.05, 0) is 87.0 Å². The monoisotopic (exact) mass is 325 g/mol. The second-order valence-electron chi connectivity index (χ2n) is 8.02. The third-order valence-corrected chi connectivity index (χ3v) is 6.04. The highest BCUT2D eigenvalue weighted by Gasteiger charge is 2.51. The lowest BCUT2D eigenvalue weighted by atomic mass is 9.53. The summed E-state index contributed by atoms with van der Waals surface area (Å²) in [6, 6.07) is 7.86. The zero-order chi connectivity index (χ0) is 16.6. The van der Waals surface area contributed by atoms with Crippen LogP contribution >= 0.6 is 0 Å². The Morgan fingerprint density at radius 3 is 2.25 bits per heavy atom. The number of nitrogens with one attached hydrogen (secondary N) is 1. The van der Waals surface area contributed by atoms with Gasteiger partial charge in [0.1, 0.15) is 5.75 Å². The molecule has 3 nitrogen and oxygen atoms in total. The number of amides is 1. The van der Waals surface area contributed by atoms with Gasteiger partial charge in [-0.2, -0.15) is 0 Å². The predicted molar refractivity (Wildman–Crippen MR) is 95.7 cm³/mol. The first-order chi connectivity index (χ1) is 11.6. The van der Waals surface area contributed by atoms with Gasteiger partial charge in [-0.15, -0.1) is 0 Å². The molecule has 3 heteroatoms. The van der Waals surface area contributed by atoms with Crippen LogP contribution in [0, 0.1) is 17.8 Å². The molecular weight excluding hydrogens is 298 g/mol. The molecular formula is C21H27NO2. The molecule has 0 atom stereocenters. The number of hydrogen-bond donors (Lipinski definition) is 1. The van der Waals surface area contributed by atoms with Crippen molar-refractivity contribution >= 4 is 12.0 Å². The Bertz CT molecular complexity index is 596. The van der Waals surface area contributed by atoms with Crippen LogP contribution < -0.4 is 10.1 Å². The van der Waals surface area contributed by atoms with E-state index < -0.39 is 0 Å². The second-order valence-corrected chi connectivity index (χ2v) is 8.02. The summed E-state index contributed by atoms with van der Waals surface area (Å²) in [4.78, 5) is 12.4. The fourth-order valence-electron chi connectivity index (χ4n) is 5.58. The van der Waals surface area contributed by atoms with Crippen LogP contribution in [0.4, 0.5) is 0 Å². The molecule has 0 spiro atoms. The molecule has 4 aliphatic carbocycles. The summed E-state index contributed by atoms with van der Waals surface area (Å²) in [6.07, 6.45) is 11.4. The molecule has 1 aromatic rings. The minimum Gasteiger partial charge on any atom is -0.494 e. The first kappa shape index (κ1) is 15.7. The molecule has 0 unspecified atom stereocenters. The molecule has 4 fully saturated rings. The largest absolute Gasteiger partial charge is 0.494 e. The first-order valence-electron chi connectivity index (χ1n) is 9.37. The number of ether oxygens (including phenoxy) is 1. The molecule has 128 valence electrons. The van der Waals surface area contributed by atoms with E-state index in [1.807, 2.05) is 37.3 Å². The van der Waals surface area contributed by atoms with Crippen LogP contribution in [-0.4, -0.2) is 18.1 Å². The van der Waals surface area contributed by atoms with Crippen molar-refractivity contribution in [2.75, 3.05) is 6.61 Å². The molecule has 4 aliphatic rings. The van der Waals surface area contributed by atoms with Gasteiger partial charge in [0.05, 0.1) is 6.61 Å². The van der Waals surface area contributed by atoms with Crippen molar-refractivity contribution < 1.29 is 9.53 Å². The molecule has 0 aliphatic heterocycles. The number of hydrogen-bond acceptors (Lipinski definition) is 2. The summed E-state index contributed by atoms with van der Waals surface area (Å²) in [5, 5.41) is 3.38. The maximum Gasteiger partial charge on any atom is 0.244 e. The highest BCUT2D eigenvalue weighted by atomic mass is 16.5. The molecule has 0 heterocycles. The van der Waals surface area contributed by atoms with E-state index >= 15 is 0 Å². The number of benzene rings is 1. The molecule has 1 aromatic carbocycles. The van der Waals surface area contributed by atoms with Gasteiger partial charge < -0.3 is 10.1 Å². The van der Waals surface area contributed by atoms with Crippen LogP contribution in [0.2, 0.25) is 0 Å². The van der Waals surface area contributed by atoms with Crippen molar-refractivity contribution in [2.24, 2.45) is 17.8 Å². The summed E-state index contributed by atoms with van der Waals surface area (Å²) in [7, 11) is 0. The predicted octanol–water partition coefficient (Wildman–Crippen LogP) is 4.18. The lowest BCUT2D eigenvalue weighted by molar-refractivity contribution is -0.122. The topological polar surface area (TPSA) is 38.3 Å². The highest BCUT2D eigenvalue weighted by Crippen LogP contribution is 2.55. The Balaban J connectivity index is 1.38. The second kappa shape index (κ2) is 6.27. The molecule has 24 heavy (non-hydrogen) atoms. The average Bonchev–Trinajstić information content (AvgIpc) is 2.53. The van der Waals surface area contributed by atoms with Crippen molar-refractivity contribution in [2.45, 2.75) is 51.0 Å². The molecule has 0 saturated heterocycles. The summed E-state index contributed by atoms with van der Waals surface area (Å²) < 4.78 is 5.44. The molecule has 0 radical (unpaired) electrons. The Hall–Kier alpha value is -1.77. The Morgan fingerprint density at radius 2 is 1.71 bits per heavy atom. The number of carbonyl (C=O) groups excluding carboxylic acids is 1. The van der Waals surface area contributed by atoms with Gasteiger partial charge in [0, 0.05) is 11.6 Å². The lowest BCUT2D eigenvalue weighted by Gasteiger charge is -2.56. The van der Waals surface area contributed by atoms with E-state index in [4.69, 9.17) is 4.74 Å². The van der Waals surface area contributed by atoms with Gasteiger partial charge in [0.15, 0.2) is 0 Å². The zero-order valence-electron chi connectivity index (χ0n) is 14.5. The van der Waals surface area contributed by atoms with Crippen LogP contribution in [0.25, 0.3) is 6.08 Å². The highest BCUT2D eigenvalue weighted by molar-refractivity contribution is 5.92. The third-order valence-electron chi connectivity index (χ3n) is 6.04. The fraction of sp³-hybridized carbons (Fsp3) is 0.571. The normalized spacial score (nSPS) is 33.8. The molecule has 0 aromatic heterocycles. The Morgan fingerprint density at radius 1 is 1.12 bits per heavy atom.